The highest BCUT2D eigenvalue weighted by atomic mass is 16.4. The molecule has 0 heterocycles. The fourth-order valence-corrected chi connectivity index (χ4v) is 2.61. The van der Waals surface area contributed by atoms with Crippen molar-refractivity contribution in [3.05, 3.63) is 47.0 Å². The van der Waals surface area contributed by atoms with Crippen LogP contribution in [0.3, 0.4) is 0 Å². The molecule has 0 spiro atoms. The Morgan fingerprint density at radius 3 is 2.53 bits per heavy atom. The van der Waals surface area contributed by atoms with Crippen LogP contribution in [-0.2, 0) is 6.42 Å². The molecule has 2 rings (SSSR count). The van der Waals surface area contributed by atoms with Gasteiger partial charge in [-0.25, -0.2) is 0 Å². The van der Waals surface area contributed by atoms with Gasteiger partial charge in [-0.05, 0) is 43.2 Å². The van der Waals surface area contributed by atoms with Crippen molar-refractivity contribution in [1.29, 1.82) is 0 Å². The van der Waals surface area contributed by atoms with Crippen LogP contribution in [0.25, 0.3) is 0 Å². The highest BCUT2D eigenvalue weighted by Crippen LogP contribution is 2.21. The first-order chi connectivity index (χ1) is 9.35. The van der Waals surface area contributed by atoms with Crippen molar-refractivity contribution in [3.8, 4) is 0 Å². The van der Waals surface area contributed by atoms with E-state index >= 15 is 0 Å². The van der Waals surface area contributed by atoms with Gasteiger partial charge in [-0.3, -0.25) is 0 Å². The van der Waals surface area contributed by atoms with Crippen LogP contribution >= 0.6 is 0 Å². The Morgan fingerprint density at radius 2 is 1.84 bits per heavy atom. The van der Waals surface area contributed by atoms with E-state index in [0.29, 0.717) is 0 Å². The van der Waals surface area contributed by atoms with Crippen molar-refractivity contribution in [3.63, 3.8) is 0 Å². The first-order valence-electron chi connectivity index (χ1n) is 7.36. The van der Waals surface area contributed by atoms with Gasteiger partial charge in [-0.2, -0.15) is 0 Å². The van der Waals surface area contributed by atoms with Crippen LogP contribution in [0, 0.1) is 0 Å². The number of nitrogens with zero attached hydrogens (tertiary/aromatic N) is 1. The second-order valence-electron chi connectivity index (χ2n) is 5.18. The molecule has 1 aromatic rings. The topological polar surface area (TPSA) is 32.6 Å². The summed E-state index contributed by atoms with van der Waals surface area (Å²) < 4.78 is 0. The molecule has 0 bridgehead atoms. The standard InChI is InChI=1S/C17H23NO/c1-2-14-10-12-16(13-11-14)17(18-19)15-8-6-4-3-5-7-9-15/h8,10-13,19H,2-7,9H2,1H3/b15-8+,18-17?. The van der Waals surface area contributed by atoms with E-state index in [2.05, 4.69) is 42.4 Å². The number of aryl methyl sites for hydroxylation is 1. The third-order valence-electron chi connectivity index (χ3n) is 3.83. The molecule has 0 aliphatic heterocycles. The molecule has 2 nitrogen and oxygen atoms in total. The summed E-state index contributed by atoms with van der Waals surface area (Å²) in [6, 6.07) is 8.36. The molecule has 1 aliphatic carbocycles. The zero-order chi connectivity index (χ0) is 13.5. The van der Waals surface area contributed by atoms with Crippen LogP contribution in [-0.4, -0.2) is 10.9 Å². The first-order valence-corrected chi connectivity index (χ1v) is 7.36. The fraction of sp³-hybridized carbons (Fsp3) is 0.471. The number of hydrogen-bond donors (Lipinski definition) is 1. The predicted octanol–water partition coefficient (Wildman–Crippen LogP) is 4.71. The minimum absolute atomic E-state index is 0.754. The van der Waals surface area contributed by atoms with Crippen molar-refractivity contribution >= 4 is 5.71 Å². The summed E-state index contributed by atoms with van der Waals surface area (Å²) in [6.07, 6.45) is 10.5. The molecule has 19 heavy (non-hydrogen) atoms. The lowest BCUT2D eigenvalue weighted by Gasteiger charge is -2.13. The van der Waals surface area contributed by atoms with E-state index < -0.39 is 0 Å². The molecule has 0 aromatic heterocycles. The summed E-state index contributed by atoms with van der Waals surface area (Å²) >= 11 is 0. The monoisotopic (exact) mass is 257 g/mol. The van der Waals surface area contributed by atoms with Gasteiger partial charge in [0.05, 0.1) is 0 Å². The number of benzene rings is 1. The largest absolute Gasteiger partial charge is 0.410 e. The number of oxime groups is 1. The van der Waals surface area contributed by atoms with Crippen LogP contribution < -0.4 is 0 Å². The van der Waals surface area contributed by atoms with Crippen molar-refractivity contribution in [1.82, 2.24) is 0 Å². The molecule has 0 radical (unpaired) electrons. The van der Waals surface area contributed by atoms with Crippen LogP contribution in [0.1, 0.15) is 56.6 Å². The molecule has 1 aliphatic rings. The van der Waals surface area contributed by atoms with Crippen molar-refractivity contribution in [2.45, 2.75) is 51.9 Å². The van der Waals surface area contributed by atoms with Gasteiger partial charge in [0.1, 0.15) is 5.71 Å². The van der Waals surface area contributed by atoms with Gasteiger partial charge in [0.25, 0.3) is 0 Å². The predicted molar refractivity (Wildman–Crippen MR) is 79.9 cm³/mol. The summed E-state index contributed by atoms with van der Waals surface area (Å²) in [5.74, 6) is 0. The lowest BCUT2D eigenvalue weighted by Crippen LogP contribution is -2.07. The van der Waals surface area contributed by atoms with Crippen LogP contribution in [0.4, 0.5) is 0 Å². The molecular formula is C17H23NO. The normalized spacial score (nSPS) is 20.3. The molecule has 2 heteroatoms. The van der Waals surface area contributed by atoms with Crippen molar-refractivity contribution in [2.24, 2.45) is 5.16 Å². The van der Waals surface area contributed by atoms with Gasteiger partial charge < -0.3 is 5.21 Å². The number of hydrogen-bond acceptors (Lipinski definition) is 2. The zero-order valence-corrected chi connectivity index (χ0v) is 11.7. The van der Waals surface area contributed by atoms with Crippen LogP contribution in [0.2, 0.25) is 0 Å². The summed E-state index contributed by atoms with van der Waals surface area (Å²) in [5, 5.41) is 12.9. The summed E-state index contributed by atoms with van der Waals surface area (Å²) in [4.78, 5) is 0. The molecule has 1 aromatic carbocycles. The molecular weight excluding hydrogens is 234 g/mol. The Kier molecular flexibility index (Phi) is 5.20. The summed E-state index contributed by atoms with van der Waals surface area (Å²) in [5.41, 5.74) is 4.29. The Bertz CT molecular complexity index is 457. The maximum atomic E-state index is 9.37. The number of rotatable bonds is 3. The molecule has 0 amide bonds. The minimum atomic E-state index is 0.754. The molecule has 0 saturated heterocycles. The quantitative estimate of drug-likeness (QED) is 0.475. The molecule has 0 unspecified atom stereocenters. The molecule has 0 fully saturated rings. The van der Waals surface area contributed by atoms with Gasteiger partial charge in [0.2, 0.25) is 0 Å². The molecule has 0 saturated carbocycles. The highest BCUT2D eigenvalue weighted by molar-refractivity contribution is 6.12. The average molecular weight is 257 g/mol. The molecule has 102 valence electrons. The average Bonchev–Trinajstić information content (AvgIpc) is 2.42. The van der Waals surface area contributed by atoms with Gasteiger partial charge in [-0.1, -0.05) is 55.3 Å². The van der Waals surface area contributed by atoms with E-state index in [-0.39, 0.29) is 0 Å². The first kappa shape index (κ1) is 13.9. The highest BCUT2D eigenvalue weighted by Gasteiger charge is 2.12. The Balaban J connectivity index is 2.22. The lowest BCUT2D eigenvalue weighted by atomic mass is 9.93. The van der Waals surface area contributed by atoms with E-state index in [1.54, 1.807) is 0 Å². The van der Waals surface area contributed by atoms with Gasteiger partial charge in [0.15, 0.2) is 0 Å². The third-order valence-corrected chi connectivity index (χ3v) is 3.83. The Hall–Kier alpha value is -1.57. The second kappa shape index (κ2) is 7.13. The zero-order valence-electron chi connectivity index (χ0n) is 11.7. The lowest BCUT2D eigenvalue weighted by molar-refractivity contribution is 0.319. The summed E-state index contributed by atoms with van der Waals surface area (Å²) in [6.45, 7) is 2.15. The SMILES string of the molecule is CCc1ccc(C(=NO)/C2=C/CCCCCC2)cc1. The van der Waals surface area contributed by atoms with Crippen molar-refractivity contribution < 1.29 is 5.21 Å². The van der Waals surface area contributed by atoms with E-state index in [0.717, 1.165) is 30.5 Å². The van der Waals surface area contributed by atoms with Gasteiger partial charge >= 0.3 is 0 Å². The fourth-order valence-electron chi connectivity index (χ4n) is 2.61. The van der Waals surface area contributed by atoms with E-state index in [1.807, 2.05) is 0 Å². The summed E-state index contributed by atoms with van der Waals surface area (Å²) in [7, 11) is 0. The van der Waals surface area contributed by atoms with Crippen molar-refractivity contribution in [2.75, 3.05) is 0 Å². The maximum Gasteiger partial charge on any atom is 0.112 e. The smallest absolute Gasteiger partial charge is 0.112 e. The van der Waals surface area contributed by atoms with E-state index in [4.69, 9.17) is 0 Å². The van der Waals surface area contributed by atoms with Crippen LogP contribution in [0.5, 0.6) is 0 Å². The second-order valence-corrected chi connectivity index (χ2v) is 5.18. The number of allylic oxidation sites excluding steroid dienone is 2. The Labute approximate surface area is 115 Å². The third kappa shape index (κ3) is 3.69. The minimum Gasteiger partial charge on any atom is -0.410 e. The van der Waals surface area contributed by atoms with Gasteiger partial charge in [-0.15, -0.1) is 0 Å². The Morgan fingerprint density at radius 1 is 1.11 bits per heavy atom. The van der Waals surface area contributed by atoms with E-state index in [9.17, 15) is 5.21 Å². The molecule has 0 atom stereocenters. The van der Waals surface area contributed by atoms with Crippen LogP contribution in [0.15, 0.2) is 41.1 Å². The van der Waals surface area contributed by atoms with E-state index in [1.165, 1.54) is 36.8 Å². The maximum absolute atomic E-state index is 9.37. The van der Waals surface area contributed by atoms with Gasteiger partial charge in [0, 0.05) is 5.56 Å². The molecule has 1 N–H and O–H groups in total.